The number of oxazole rings is 2. The van der Waals surface area contributed by atoms with E-state index >= 15 is 0 Å². The first-order chi connectivity index (χ1) is 41.6. The van der Waals surface area contributed by atoms with E-state index < -0.39 is 0 Å². The van der Waals surface area contributed by atoms with Gasteiger partial charge < -0.3 is 34.9 Å². The molecule has 0 radical (unpaired) electrons. The number of benzene rings is 2. The van der Waals surface area contributed by atoms with Crippen molar-refractivity contribution in [3.8, 4) is 0 Å². The second-order valence-corrected chi connectivity index (χ2v) is 32.0. The smallest absolute Gasteiger partial charge is 0.197 e. The molecule has 4 N–H and O–H groups in total. The van der Waals surface area contributed by atoms with E-state index in [-0.39, 0.29) is 6.10 Å². The molecule has 0 spiro atoms. The maximum absolute atomic E-state index is 5.71. The van der Waals surface area contributed by atoms with Gasteiger partial charge in [0, 0.05) is 67.1 Å². The van der Waals surface area contributed by atoms with Crippen LogP contribution in [-0.2, 0) is 24.3 Å². The van der Waals surface area contributed by atoms with Crippen molar-refractivity contribution in [1.29, 1.82) is 0 Å². The van der Waals surface area contributed by atoms with Gasteiger partial charge in [0.2, 0.25) is 0 Å². The van der Waals surface area contributed by atoms with Crippen LogP contribution in [0.3, 0.4) is 0 Å². The molecular formula is C74H100N8O3. The largest absolute Gasteiger partial charge is 0.449 e. The van der Waals surface area contributed by atoms with Gasteiger partial charge in [0.05, 0.1) is 29.4 Å². The zero-order valence-corrected chi connectivity index (χ0v) is 51.4. The number of nitrogens with zero attached hydrogens (tertiary/aromatic N) is 4. The third-order valence-electron chi connectivity index (χ3n) is 24.9. The molecule has 16 bridgehead atoms. The van der Waals surface area contributed by atoms with Gasteiger partial charge in [0.25, 0.3) is 0 Å². The van der Waals surface area contributed by atoms with E-state index in [0.29, 0.717) is 28.1 Å². The van der Waals surface area contributed by atoms with Crippen LogP contribution in [0.4, 0.5) is 0 Å². The molecule has 2 aromatic heterocycles. The number of allylic oxidation sites excluding steroid dienone is 1. The maximum atomic E-state index is 5.71. The molecule has 4 aromatic rings. The molecule has 19 aliphatic rings. The topological polar surface area (TPSA) is 134 Å². The summed E-state index contributed by atoms with van der Waals surface area (Å²) < 4.78 is 11.0. The third-order valence-corrected chi connectivity index (χ3v) is 24.9. The van der Waals surface area contributed by atoms with E-state index in [2.05, 4.69) is 104 Å². The zero-order chi connectivity index (χ0) is 56.6. The van der Waals surface area contributed by atoms with Crippen LogP contribution in [0.2, 0.25) is 0 Å². The van der Waals surface area contributed by atoms with Crippen molar-refractivity contribution in [1.82, 2.24) is 31.2 Å². The predicted octanol–water partition coefficient (Wildman–Crippen LogP) is 14.6. The molecule has 1 atom stereocenters. The summed E-state index contributed by atoms with van der Waals surface area (Å²) in [7, 11) is 0. The van der Waals surface area contributed by atoms with Gasteiger partial charge >= 0.3 is 0 Å². The summed E-state index contributed by atoms with van der Waals surface area (Å²) in [5.74, 6) is 14.5. The standard InChI is InChI=1S/C21H26N2.C20H26N2O.C17H24N2O.C16H24N2O/c1-2-4-19(5-3-1)20-9-18(13-22-20)14-23-21-10-15-6-16(11-21)8-17(7-15)12-21;1-2-4-17(5-3-1)19-9-18(23-22-19)13-21-20-10-14-6-15(11-20)8-16(7-14)12-20;1-2-14(1)16-19-15(10-20-16)9-18-17-6-11-3-12(7-17)5-13(4-11)8-17;1-2-15-18-14(10-19-15)9-17-16-6-11-3-12(7-16)5-13(4-11)8-16/h1-5,9,15-17,23H,6-8,10-14H2;1-5,14-16,18,21H,6-13H2;10-14,18H,1-9H2;10-13,17H,2-9H2,1H3. The normalized spacial score (nSPS) is 40.2. The van der Waals surface area contributed by atoms with Crippen LogP contribution >= 0.6 is 0 Å². The zero-order valence-electron chi connectivity index (χ0n) is 51.4. The lowest BCUT2D eigenvalue weighted by atomic mass is 9.53. The molecule has 17 saturated carbocycles. The lowest BCUT2D eigenvalue weighted by Crippen LogP contribution is -2.59. The molecule has 17 fully saturated rings. The highest BCUT2D eigenvalue weighted by Crippen LogP contribution is 2.59. The number of aliphatic imine (C=N–C) groups is 1. The van der Waals surface area contributed by atoms with Crippen molar-refractivity contribution in [2.75, 3.05) is 19.6 Å². The molecule has 2 aliphatic heterocycles. The Labute approximate surface area is 507 Å². The van der Waals surface area contributed by atoms with Crippen molar-refractivity contribution < 1.29 is 13.7 Å². The summed E-state index contributed by atoms with van der Waals surface area (Å²) in [5.41, 5.74) is 10.1. The van der Waals surface area contributed by atoms with Crippen molar-refractivity contribution in [3.63, 3.8) is 0 Å². The van der Waals surface area contributed by atoms with Crippen LogP contribution in [0.5, 0.6) is 0 Å². The van der Waals surface area contributed by atoms with Gasteiger partial charge in [0.15, 0.2) is 11.8 Å². The molecule has 85 heavy (non-hydrogen) atoms. The summed E-state index contributed by atoms with van der Waals surface area (Å²) in [4.78, 5) is 19.6. The van der Waals surface area contributed by atoms with Gasteiger partial charge in [-0.15, -0.1) is 0 Å². The summed E-state index contributed by atoms with van der Waals surface area (Å²) in [6.07, 6.45) is 45.6. The van der Waals surface area contributed by atoms with Crippen LogP contribution in [0.15, 0.2) is 104 Å². The van der Waals surface area contributed by atoms with E-state index in [1.54, 1.807) is 0 Å². The fourth-order valence-electron chi connectivity index (χ4n) is 22.7. The molecule has 0 amide bonds. The third kappa shape index (κ3) is 12.4. The number of aromatic nitrogens is 2. The number of nitrogens with one attached hydrogen (secondary N) is 4. The fraction of sp³-hybridized carbons (Fsp3) is 0.703. The average Bonchev–Trinajstić information content (AvgIpc) is 2.14. The minimum atomic E-state index is 0.207. The summed E-state index contributed by atoms with van der Waals surface area (Å²) in [6.45, 7) is 6.74. The fourth-order valence-corrected chi connectivity index (χ4v) is 22.7. The monoisotopic (exact) mass is 1150 g/mol. The number of hydrogen-bond acceptors (Lipinski definition) is 11. The van der Waals surface area contributed by atoms with Gasteiger partial charge in [-0.1, -0.05) is 72.7 Å². The predicted molar refractivity (Wildman–Crippen MR) is 336 cm³/mol. The van der Waals surface area contributed by atoms with Crippen LogP contribution in [0.1, 0.15) is 221 Å². The van der Waals surface area contributed by atoms with Crippen LogP contribution in [0.25, 0.3) is 0 Å². The molecule has 454 valence electrons. The molecule has 0 saturated heterocycles. The van der Waals surface area contributed by atoms with Gasteiger partial charge in [-0.05, 0) is 261 Å². The highest BCUT2D eigenvalue weighted by molar-refractivity contribution is 6.10. The Morgan fingerprint density at radius 1 is 0.471 bits per heavy atom. The molecule has 4 heterocycles. The Morgan fingerprint density at radius 2 is 0.882 bits per heavy atom. The number of aryl methyl sites for hydroxylation is 1. The number of hydrogen-bond donors (Lipinski definition) is 4. The van der Waals surface area contributed by atoms with Crippen LogP contribution in [-0.4, -0.2) is 69.3 Å². The molecule has 2 aromatic carbocycles. The Bertz CT molecular complexity index is 2920. The van der Waals surface area contributed by atoms with Gasteiger partial charge in [-0.25, -0.2) is 9.97 Å². The quantitative estimate of drug-likeness (QED) is 0.0865. The average molecular weight is 1150 g/mol. The van der Waals surface area contributed by atoms with Crippen molar-refractivity contribution in [2.24, 2.45) is 81.2 Å². The highest BCUT2D eigenvalue weighted by Gasteiger charge is 2.54. The number of rotatable bonds is 16. The lowest BCUT2D eigenvalue weighted by Gasteiger charge is -2.57. The van der Waals surface area contributed by atoms with E-state index in [4.69, 9.17) is 18.7 Å². The van der Waals surface area contributed by atoms with E-state index in [0.717, 1.165) is 151 Å². The summed E-state index contributed by atoms with van der Waals surface area (Å²) in [6, 6.07) is 21.0. The molecular weight excluding hydrogens is 1050 g/mol. The first kappa shape index (κ1) is 55.9. The first-order valence-corrected chi connectivity index (χ1v) is 35.0. The van der Waals surface area contributed by atoms with Gasteiger partial charge in [-0.3, -0.25) is 4.99 Å². The van der Waals surface area contributed by atoms with E-state index in [1.807, 2.05) is 18.6 Å². The van der Waals surface area contributed by atoms with Gasteiger partial charge in [0.1, 0.15) is 18.6 Å². The molecule has 1 unspecified atom stereocenters. The Hall–Kier alpha value is -4.42. The van der Waals surface area contributed by atoms with E-state index in [9.17, 15) is 0 Å². The molecule has 17 aliphatic carbocycles. The SMILES string of the molecule is C1=C(CNC23CC4CC(CC(C4)C2)C3)CN=C1c1ccccc1.CCc1nc(CNC23CC4CC(CC(C4)C2)C3)co1.c1ccc(C2=NOC(CNC34CC5CC(CC(C5)C3)C4)C2)cc1.c1oc(C2CC2)nc1CNC12CC3CC(CC(C3)C1)C2. The molecule has 11 nitrogen and oxygen atoms in total. The summed E-state index contributed by atoms with van der Waals surface area (Å²) in [5, 5.41) is 20.0. The van der Waals surface area contributed by atoms with Crippen LogP contribution in [0, 0.1) is 71.0 Å². The number of oxime groups is 1. The highest BCUT2D eigenvalue weighted by atomic mass is 16.6. The Morgan fingerprint density at radius 3 is 1.32 bits per heavy atom. The first-order valence-electron chi connectivity index (χ1n) is 35.0. The van der Waals surface area contributed by atoms with Crippen molar-refractivity contribution >= 4 is 11.4 Å². The summed E-state index contributed by atoms with van der Waals surface area (Å²) >= 11 is 0. The minimum Gasteiger partial charge on any atom is -0.449 e. The van der Waals surface area contributed by atoms with E-state index in [1.165, 1.54) is 184 Å². The maximum Gasteiger partial charge on any atom is 0.197 e. The van der Waals surface area contributed by atoms with Gasteiger partial charge in [-0.2, -0.15) is 0 Å². The lowest BCUT2D eigenvalue weighted by molar-refractivity contribution is -0.0276. The molecule has 11 heteroatoms. The molecule has 23 rings (SSSR count). The second kappa shape index (κ2) is 23.2. The van der Waals surface area contributed by atoms with Crippen LogP contribution < -0.4 is 21.3 Å². The minimum absolute atomic E-state index is 0.207. The Balaban J connectivity index is 0.0000000926. The Kier molecular flexibility index (Phi) is 15.2. The second-order valence-electron chi connectivity index (χ2n) is 32.0. The van der Waals surface area contributed by atoms with Crippen molar-refractivity contribution in [2.45, 2.75) is 234 Å². The van der Waals surface area contributed by atoms with Crippen molar-refractivity contribution in [3.05, 3.63) is 119 Å².